The van der Waals surface area contributed by atoms with Crippen molar-refractivity contribution in [2.75, 3.05) is 7.11 Å². The normalized spacial score (nSPS) is 11.9. The first-order chi connectivity index (χ1) is 7.99. The van der Waals surface area contributed by atoms with Gasteiger partial charge in [-0.3, -0.25) is 9.59 Å². The van der Waals surface area contributed by atoms with Crippen LogP contribution in [0.5, 0.6) is 5.75 Å². The van der Waals surface area contributed by atoms with Gasteiger partial charge in [-0.15, -0.1) is 0 Å². The Kier molecular flexibility index (Phi) is 4.69. The molecule has 0 radical (unpaired) electrons. The van der Waals surface area contributed by atoms with Gasteiger partial charge in [-0.2, -0.15) is 0 Å². The molecule has 0 saturated heterocycles. The summed E-state index contributed by atoms with van der Waals surface area (Å²) in [4.78, 5) is 22.0. The van der Waals surface area contributed by atoms with E-state index in [9.17, 15) is 14.7 Å². The summed E-state index contributed by atoms with van der Waals surface area (Å²) in [6.45, 7) is 1.74. The van der Waals surface area contributed by atoms with E-state index in [1.807, 2.05) is 0 Å². The number of methoxy groups -OCH3 is 1. The van der Waals surface area contributed by atoms with Crippen LogP contribution in [0.3, 0.4) is 0 Å². The van der Waals surface area contributed by atoms with Crippen LogP contribution in [0.25, 0.3) is 0 Å². The van der Waals surface area contributed by atoms with Gasteiger partial charge in [-0.1, -0.05) is 6.92 Å². The molecular weight excluding hydrogens is 288 g/mol. The smallest absolute Gasteiger partial charge is 0.308 e. The average molecular weight is 301 g/mol. The number of hydrogen-bond donors (Lipinski definition) is 1. The summed E-state index contributed by atoms with van der Waals surface area (Å²) in [5.74, 6) is -0.688. The van der Waals surface area contributed by atoms with Gasteiger partial charge < -0.3 is 9.84 Å². The van der Waals surface area contributed by atoms with Gasteiger partial charge in [0, 0.05) is 0 Å². The standard InChI is InChI=1S/C12H13BrO4/c1-7(12(16)17-2)3-8-4-9(6-14)11(15)10(13)5-8/h4-7,15H,3H2,1-2H3. The Hall–Kier alpha value is -1.36. The summed E-state index contributed by atoms with van der Waals surface area (Å²) in [6, 6.07) is 3.24. The Morgan fingerprint density at radius 1 is 1.59 bits per heavy atom. The largest absolute Gasteiger partial charge is 0.506 e. The highest BCUT2D eigenvalue weighted by molar-refractivity contribution is 9.10. The molecule has 1 aromatic rings. The molecule has 1 unspecified atom stereocenters. The van der Waals surface area contributed by atoms with Gasteiger partial charge >= 0.3 is 5.97 Å². The first-order valence-electron chi connectivity index (χ1n) is 5.04. The molecule has 0 spiro atoms. The number of hydrogen-bond acceptors (Lipinski definition) is 4. The molecular formula is C12H13BrO4. The summed E-state index contributed by atoms with van der Waals surface area (Å²) in [5, 5.41) is 9.54. The van der Waals surface area contributed by atoms with Gasteiger partial charge in [-0.25, -0.2) is 0 Å². The van der Waals surface area contributed by atoms with Crippen molar-refractivity contribution < 1.29 is 19.4 Å². The molecule has 0 saturated carbocycles. The molecule has 0 aliphatic heterocycles. The zero-order valence-electron chi connectivity index (χ0n) is 9.57. The highest BCUT2D eigenvalue weighted by Crippen LogP contribution is 2.29. The summed E-state index contributed by atoms with van der Waals surface area (Å²) >= 11 is 3.16. The molecule has 17 heavy (non-hydrogen) atoms. The number of aldehydes is 1. The van der Waals surface area contributed by atoms with E-state index in [0.29, 0.717) is 17.2 Å². The lowest BCUT2D eigenvalue weighted by atomic mass is 9.99. The van der Waals surface area contributed by atoms with Crippen LogP contribution >= 0.6 is 15.9 Å². The maximum atomic E-state index is 11.3. The van der Waals surface area contributed by atoms with E-state index in [2.05, 4.69) is 20.7 Å². The number of carbonyl (C=O) groups is 2. The van der Waals surface area contributed by atoms with E-state index in [-0.39, 0.29) is 23.2 Å². The molecule has 0 aliphatic rings. The van der Waals surface area contributed by atoms with Crippen LogP contribution in [0.4, 0.5) is 0 Å². The molecule has 1 aromatic carbocycles. The highest BCUT2D eigenvalue weighted by atomic mass is 79.9. The molecule has 0 fully saturated rings. The van der Waals surface area contributed by atoms with Crippen molar-refractivity contribution in [3.63, 3.8) is 0 Å². The Balaban J connectivity index is 2.96. The van der Waals surface area contributed by atoms with Crippen molar-refractivity contribution in [2.24, 2.45) is 5.92 Å². The van der Waals surface area contributed by atoms with Crippen molar-refractivity contribution in [1.29, 1.82) is 0 Å². The minimum atomic E-state index is -0.304. The molecule has 1 atom stereocenters. The summed E-state index contributed by atoms with van der Waals surface area (Å²) in [6.07, 6.45) is 1.03. The fourth-order valence-corrected chi connectivity index (χ4v) is 2.05. The molecule has 4 nitrogen and oxygen atoms in total. The van der Waals surface area contributed by atoms with Crippen molar-refractivity contribution in [1.82, 2.24) is 0 Å². The van der Waals surface area contributed by atoms with Gasteiger partial charge in [0.15, 0.2) is 6.29 Å². The number of aromatic hydroxyl groups is 1. The third kappa shape index (κ3) is 3.30. The number of phenols is 1. The average Bonchev–Trinajstić information content (AvgIpc) is 2.32. The third-order valence-electron chi connectivity index (χ3n) is 2.43. The molecule has 0 aliphatic carbocycles. The number of esters is 1. The Bertz CT molecular complexity index is 442. The Morgan fingerprint density at radius 3 is 2.76 bits per heavy atom. The second-order valence-corrected chi connectivity index (χ2v) is 4.62. The molecule has 0 bridgehead atoms. The van der Waals surface area contributed by atoms with E-state index < -0.39 is 0 Å². The minimum Gasteiger partial charge on any atom is -0.506 e. The number of carbonyl (C=O) groups excluding carboxylic acids is 2. The Morgan fingerprint density at radius 2 is 2.24 bits per heavy atom. The number of halogens is 1. The van der Waals surface area contributed by atoms with E-state index in [1.54, 1.807) is 19.1 Å². The van der Waals surface area contributed by atoms with E-state index >= 15 is 0 Å². The lowest BCUT2D eigenvalue weighted by Crippen LogP contribution is -2.15. The first-order valence-corrected chi connectivity index (χ1v) is 5.83. The SMILES string of the molecule is COC(=O)C(C)Cc1cc(Br)c(O)c(C=O)c1. The van der Waals surface area contributed by atoms with Crippen molar-refractivity contribution in [3.05, 3.63) is 27.7 Å². The molecule has 1 rings (SSSR count). The van der Waals surface area contributed by atoms with Crippen molar-refractivity contribution in [2.45, 2.75) is 13.3 Å². The molecule has 0 aromatic heterocycles. The van der Waals surface area contributed by atoms with Gasteiger partial charge in [0.05, 0.1) is 23.1 Å². The van der Waals surface area contributed by atoms with E-state index in [4.69, 9.17) is 0 Å². The van der Waals surface area contributed by atoms with Crippen LogP contribution in [-0.2, 0) is 16.0 Å². The van der Waals surface area contributed by atoms with Crippen LogP contribution in [0.2, 0.25) is 0 Å². The van der Waals surface area contributed by atoms with E-state index in [1.165, 1.54) is 7.11 Å². The number of benzene rings is 1. The molecule has 0 heterocycles. The van der Waals surface area contributed by atoms with Gasteiger partial charge in [0.25, 0.3) is 0 Å². The Labute approximate surface area is 108 Å². The summed E-state index contributed by atoms with van der Waals surface area (Å²) in [5.41, 5.74) is 0.987. The quantitative estimate of drug-likeness (QED) is 0.685. The second-order valence-electron chi connectivity index (χ2n) is 3.76. The maximum Gasteiger partial charge on any atom is 0.308 e. The zero-order chi connectivity index (χ0) is 13.0. The van der Waals surface area contributed by atoms with Crippen LogP contribution in [0.1, 0.15) is 22.8 Å². The highest BCUT2D eigenvalue weighted by Gasteiger charge is 2.15. The van der Waals surface area contributed by atoms with Crippen LogP contribution in [-0.4, -0.2) is 24.5 Å². The number of phenolic OH excluding ortho intramolecular Hbond substituents is 1. The summed E-state index contributed by atoms with van der Waals surface area (Å²) in [7, 11) is 1.34. The molecule has 92 valence electrons. The van der Waals surface area contributed by atoms with Crippen LogP contribution in [0.15, 0.2) is 16.6 Å². The number of ether oxygens (including phenoxy) is 1. The topological polar surface area (TPSA) is 63.6 Å². The lowest BCUT2D eigenvalue weighted by Gasteiger charge is -2.10. The zero-order valence-corrected chi connectivity index (χ0v) is 11.2. The molecule has 5 heteroatoms. The predicted octanol–water partition coefficient (Wildman–Crippen LogP) is 2.32. The first kappa shape index (κ1) is 13.7. The predicted molar refractivity (Wildman–Crippen MR) is 66.1 cm³/mol. The molecule has 1 N–H and O–H groups in total. The summed E-state index contributed by atoms with van der Waals surface area (Å²) < 4.78 is 5.06. The van der Waals surface area contributed by atoms with Gasteiger partial charge in [0.2, 0.25) is 0 Å². The van der Waals surface area contributed by atoms with Gasteiger partial charge in [0.1, 0.15) is 5.75 Å². The fourth-order valence-electron chi connectivity index (χ4n) is 1.52. The number of rotatable bonds is 4. The van der Waals surface area contributed by atoms with E-state index in [0.717, 1.165) is 5.56 Å². The third-order valence-corrected chi connectivity index (χ3v) is 3.03. The van der Waals surface area contributed by atoms with Crippen molar-refractivity contribution in [3.8, 4) is 5.75 Å². The minimum absolute atomic E-state index is 0.0885. The van der Waals surface area contributed by atoms with Crippen LogP contribution < -0.4 is 0 Å². The maximum absolute atomic E-state index is 11.3. The molecule has 0 amide bonds. The van der Waals surface area contributed by atoms with Crippen molar-refractivity contribution >= 4 is 28.2 Å². The monoisotopic (exact) mass is 300 g/mol. The van der Waals surface area contributed by atoms with Gasteiger partial charge in [-0.05, 0) is 40.0 Å². The second kappa shape index (κ2) is 5.82. The lowest BCUT2D eigenvalue weighted by molar-refractivity contribution is -0.144. The van der Waals surface area contributed by atoms with Crippen LogP contribution in [0, 0.1) is 5.92 Å². The fraction of sp³-hybridized carbons (Fsp3) is 0.333.